The Bertz CT molecular complexity index is 1170. The minimum Gasteiger partial charge on any atom is -0.290 e. The Balaban J connectivity index is 1.92. The molecule has 0 saturated heterocycles. The van der Waals surface area contributed by atoms with E-state index in [2.05, 4.69) is 20.5 Å². The molecule has 0 amide bonds. The Labute approximate surface area is 172 Å². The second kappa shape index (κ2) is 8.40. The minimum absolute atomic E-state index is 0.0270. The van der Waals surface area contributed by atoms with E-state index in [1.165, 1.54) is 12.3 Å². The summed E-state index contributed by atoms with van der Waals surface area (Å²) >= 11 is 1.87. The van der Waals surface area contributed by atoms with Crippen LogP contribution in [0.15, 0.2) is 58.4 Å². The molecule has 3 aromatic rings. The second-order valence-corrected chi connectivity index (χ2v) is 6.50. The summed E-state index contributed by atoms with van der Waals surface area (Å²) in [5.41, 5.74) is 3.24. The van der Waals surface area contributed by atoms with Gasteiger partial charge in [0.1, 0.15) is 11.6 Å². The molecule has 0 unspecified atom stereocenters. The normalized spacial score (nSPS) is 10.6. The predicted octanol–water partition coefficient (Wildman–Crippen LogP) is 3.27. The number of nitrogens with zero attached hydrogens (tertiary/aromatic N) is 4. The summed E-state index contributed by atoms with van der Waals surface area (Å²) in [6.45, 7) is 0. The average molecular weight is 486 g/mol. The fourth-order valence-electron chi connectivity index (χ4n) is 2.38. The van der Waals surface area contributed by atoms with Crippen LogP contribution >= 0.6 is 22.6 Å². The molecule has 0 bridgehead atoms. The number of rotatable bonds is 5. The van der Waals surface area contributed by atoms with Crippen LogP contribution in [0.3, 0.4) is 0 Å². The maximum absolute atomic E-state index is 12.2. The van der Waals surface area contributed by atoms with E-state index in [9.17, 15) is 20.2 Å². The molecule has 0 spiro atoms. The Hall–Kier alpha value is -3.59. The molecule has 2 N–H and O–H groups in total. The summed E-state index contributed by atoms with van der Waals surface area (Å²) in [6, 6.07) is 15.3. The maximum atomic E-state index is 12.2. The van der Waals surface area contributed by atoms with Gasteiger partial charge in [-0.1, -0.05) is 42.5 Å². The van der Waals surface area contributed by atoms with Gasteiger partial charge < -0.3 is 0 Å². The molecule has 9 nitrogen and oxygen atoms in total. The largest absolute Gasteiger partial charge is 0.290 e. The van der Waals surface area contributed by atoms with Gasteiger partial charge in [0.25, 0.3) is 11.2 Å². The molecule has 0 saturated carbocycles. The summed E-state index contributed by atoms with van der Waals surface area (Å²) in [7, 11) is 0. The Morgan fingerprint density at radius 1 is 1.25 bits per heavy atom. The standard InChI is InChI=1S/C18H11IN6O3/c19-15-12(7-4-8-14(15)25(27)28)10-21-24-18-22-16(11-5-2-1-3-6-11)13(9-20)17(26)23-18/h1-8,10H,(H2,22,23,24,26). The van der Waals surface area contributed by atoms with Crippen molar-refractivity contribution in [2.75, 3.05) is 5.43 Å². The van der Waals surface area contributed by atoms with Gasteiger partial charge in [0.2, 0.25) is 5.95 Å². The monoisotopic (exact) mass is 486 g/mol. The van der Waals surface area contributed by atoms with Gasteiger partial charge in [-0.05, 0) is 22.6 Å². The van der Waals surface area contributed by atoms with Gasteiger partial charge >= 0.3 is 0 Å². The first-order valence-electron chi connectivity index (χ1n) is 7.83. The predicted molar refractivity (Wildman–Crippen MR) is 112 cm³/mol. The summed E-state index contributed by atoms with van der Waals surface area (Å²) in [5, 5.41) is 24.3. The van der Waals surface area contributed by atoms with Crippen LogP contribution in [0.5, 0.6) is 0 Å². The van der Waals surface area contributed by atoms with Gasteiger partial charge in [0, 0.05) is 17.2 Å². The number of aromatic amines is 1. The first-order valence-corrected chi connectivity index (χ1v) is 8.91. The summed E-state index contributed by atoms with van der Waals surface area (Å²) in [4.78, 5) is 29.4. The van der Waals surface area contributed by atoms with Crippen LogP contribution in [0, 0.1) is 25.0 Å². The Morgan fingerprint density at radius 2 is 2.00 bits per heavy atom. The topological polar surface area (TPSA) is 137 Å². The molecule has 0 fully saturated rings. The molecule has 28 heavy (non-hydrogen) atoms. The minimum atomic E-state index is -0.598. The van der Waals surface area contributed by atoms with E-state index in [-0.39, 0.29) is 22.9 Å². The number of anilines is 1. The van der Waals surface area contributed by atoms with E-state index in [0.717, 1.165) is 0 Å². The van der Waals surface area contributed by atoms with Gasteiger partial charge in [-0.15, -0.1) is 0 Å². The second-order valence-electron chi connectivity index (χ2n) is 5.42. The quantitative estimate of drug-likeness (QED) is 0.246. The summed E-state index contributed by atoms with van der Waals surface area (Å²) in [5.74, 6) is 0.0412. The van der Waals surface area contributed by atoms with Crippen LogP contribution in [0.2, 0.25) is 0 Å². The third kappa shape index (κ3) is 4.04. The van der Waals surface area contributed by atoms with E-state index in [4.69, 9.17) is 0 Å². The molecular weight excluding hydrogens is 475 g/mol. The molecule has 0 radical (unpaired) electrons. The van der Waals surface area contributed by atoms with E-state index < -0.39 is 10.5 Å². The molecule has 0 atom stereocenters. The molecule has 3 rings (SSSR count). The Morgan fingerprint density at radius 3 is 2.68 bits per heavy atom. The van der Waals surface area contributed by atoms with Gasteiger partial charge in [-0.25, -0.2) is 10.4 Å². The number of hydrogen-bond acceptors (Lipinski definition) is 7. The van der Waals surface area contributed by atoms with Crippen molar-refractivity contribution in [3.8, 4) is 17.3 Å². The lowest BCUT2D eigenvalue weighted by Gasteiger charge is -2.06. The van der Waals surface area contributed by atoms with Crippen molar-refractivity contribution >= 4 is 40.4 Å². The van der Waals surface area contributed by atoms with Gasteiger partial charge in [-0.3, -0.25) is 19.9 Å². The molecule has 2 aromatic carbocycles. The SMILES string of the molecule is N#Cc1c(-c2ccccc2)nc(NN=Cc2cccc([N+](=O)[O-])c2I)[nH]c1=O. The number of nitro benzene ring substituents is 1. The molecular formula is C18H11IN6O3. The Kier molecular flexibility index (Phi) is 5.75. The van der Waals surface area contributed by atoms with E-state index in [1.54, 1.807) is 36.4 Å². The van der Waals surface area contributed by atoms with Crippen LogP contribution in [0.1, 0.15) is 11.1 Å². The highest BCUT2D eigenvalue weighted by Gasteiger charge is 2.14. The highest BCUT2D eigenvalue weighted by Crippen LogP contribution is 2.23. The average Bonchev–Trinajstić information content (AvgIpc) is 2.69. The van der Waals surface area contributed by atoms with E-state index in [0.29, 0.717) is 14.7 Å². The van der Waals surface area contributed by atoms with E-state index >= 15 is 0 Å². The van der Waals surface area contributed by atoms with Crippen molar-refractivity contribution in [1.29, 1.82) is 5.26 Å². The molecule has 0 aliphatic rings. The number of halogens is 1. The number of benzene rings is 2. The number of nitriles is 1. The van der Waals surface area contributed by atoms with Crippen molar-refractivity contribution in [1.82, 2.24) is 9.97 Å². The van der Waals surface area contributed by atoms with Crippen LogP contribution in [-0.2, 0) is 0 Å². The van der Waals surface area contributed by atoms with Crippen LogP contribution < -0.4 is 11.0 Å². The number of aromatic nitrogens is 2. The first-order chi connectivity index (χ1) is 13.5. The molecule has 1 aromatic heterocycles. The third-order valence-electron chi connectivity index (χ3n) is 3.66. The lowest BCUT2D eigenvalue weighted by molar-refractivity contribution is -0.385. The van der Waals surface area contributed by atoms with Crippen molar-refractivity contribution in [2.45, 2.75) is 0 Å². The molecule has 0 aliphatic carbocycles. The van der Waals surface area contributed by atoms with Crippen molar-refractivity contribution in [2.24, 2.45) is 5.10 Å². The number of nitro groups is 1. The van der Waals surface area contributed by atoms with Crippen LogP contribution in [0.4, 0.5) is 11.6 Å². The maximum Gasteiger partial charge on any atom is 0.283 e. The van der Waals surface area contributed by atoms with Gasteiger partial charge in [0.05, 0.1) is 20.4 Å². The highest BCUT2D eigenvalue weighted by atomic mass is 127. The highest BCUT2D eigenvalue weighted by molar-refractivity contribution is 14.1. The number of hydrazone groups is 1. The first kappa shape index (κ1) is 19.2. The van der Waals surface area contributed by atoms with Gasteiger partial charge in [-0.2, -0.15) is 10.4 Å². The fraction of sp³-hybridized carbons (Fsp3) is 0. The summed E-state index contributed by atoms with van der Waals surface area (Å²) in [6.07, 6.45) is 1.38. The van der Waals surface area contributed by atoms with Crippen LogP contribution in [-0.4, -0.2) is 21.1 Å². The van der Waals surface area contributed by atoms with E-state index in [1.807, 2.05) is 34.7 Å². The zero-order valence-corrected chi connectivity index (χ0v) is 16.2. The van der Waals surface area contributed by atoms with Gasteiger partial charge in [0.15, 0.2) is 0 Å². The smallest absolute Gasteiger partial charge is 0.283 e. The van der Waals surface area contributed by atoms with Crippen molar-refractivity contribution < 1.29 is 4.92 Å². The molecule has 0 aliphatic heterocycles. The lowest BCUT2D eigenvalue weighted by atomic mass is 10.1. The van der Waals surface area contributed by atoms with Crippen molar-refractivity contribution in [3.05, 3.63) is 83.7 Å². The molecule has 10 heteroatoms. The fourth-order valence-corrected chi connectivity index (χ4v) is 3.07. The van der Waals surface area contributed by atoms with Crippen molar-refractivity contribution in [3.63, 3.8) is 0 Å². The zero-order valence-electron chi connectivity index (χ0n) is 14.1. The number of hydrogen-bond donors (Lipinski definition) is 2. The van der Waals surface area contributed by atoms with Crippen LogP contribution in [0.25, 0.3) is 11.3 Å². The molecule has 1 heterocycles. The number of H-pyrrole nitrogens is 1. The zero-order chi connectivity index (χ0) is 20.1. The molecule has 138 valence electrons. The third-order valence-corrected chi connectivity index (χ3v) is 4.83. The number of nitrogens with one attached hydrogen (secondary N) is 2. The summed E-state index contributed by atoms with van der Waals surface area (Å²) < 4.78 is 0.432. The lowest BCUT2D eigenvalue weighted by Crippen LogP contribution is -2.16.